The summed E-state index contributed by atoms with van der Waals surface area (Å²) in [7, 11) is 3.16. The summed E-state index contributed by atoms with van der Waals surface area (Å²) < 4.78 is 10.3. The molecule has 2 N–H and O–H groups in total. The van der Waals surface area contributed by atoms with Crippen molar-refractivity contribution in [3.8, 4) is 5.75 Å². The van der Waals surface area contributed by atoms with Crippen molar-refractivity contribution in [1.82, 2.24) is 20.2 Å². The minimum Gasteiger partial charge on any atom is -0.497 e. The van der Waals surface area contributed by atoms with Gasteiger partial charge < -0.3 is 25.0 Å². The first-order valence-corrected chi connectivity index (χ1v) is 10.8. The molecule has 32 heavy (non-hydrogen) atoms. The number of amides is 3. The number of pyridine rings is 1. The van der Waals surface area contributed by atoms with Gasteiger partial charge >= 0.3 is 6.03 Å². The second-order valence-corrected chi connectivity index (χ2v) is 7.65. The zero-order valence-electron chi connectivity index (χ0n) is 17.9. The van der Waals surface area contributed by atoms with Gasteiger partial charge in [0, 0.05) is 30.9 Å². The van der Waals surface area contributed by atoms with Crippen LogP contribution in [0.25, 0.3) is 0 Å². The highest BCUT2D eigenvalue weighted by Crippen LogP contribution is 2.17. The molecule has 0 atom stereocenters. The quantitative estimate of drug-likeness (QED) is 0.487. The monoisotopic (exact) mass is 455 g/mol. The van der Waals surface area contributed by atoms with Crippen LogP contribution >= 0.6 is 11.3 Å². The van der Waals surface area contributed by atoms with E-state index in [1.807, 2.05) is 18.2 Å². The Labute approximate surface area is 190 Å². The molecule has 2 heterocycles. The number of nitrogens with zero attached hydrogens (tertiary/aromatic N) is 3. The van der Waals surface area contributed by atoms with Gasteiger partial charge in [-0.2, -0.15) is 0 Å². The van der Waals surface area contributed by atoms with Gasteiger partial charge in [-0.15, -0.1) is 11.3 Å². The topological polar surface area (TPSA) is 106 Å². The summed E-state index contributed by atoms with van der Waals surface area (Å²) >= 11 is 1.32. The number of hydrogen-bond donors (Lipinski definition) is 2. The molecule has 0 saturated carbocycles. The number of ether oxygens (including phenoxy) is 2. The second-order valence-electron chi connectivity index (χ2n) is 6.70. The smallest absolute Gasteiger partial charge is 0.322 e. The van der Waals surface area contributed by atoms with Crippen molar-refractivity contribution < 1.29 is 19.1 Å². The average Bonchev–Trinajstić information content (AvgIpc) is 3.30. The van der Waals surface area contributed by atoms with E-state index in [2.05, 4.69) is 20.6 Å². The van der Waals surface area contributed by atoms with Crippen molar-refractivity contribution in [2.75, 3.05) is 32.7 Å². The summed E-state index contributed by atoms with van der Waals surface area (Å²) in [5.74, 6) is 0.417. The molecule has 0 aliphatic rings. The fourth-order valence-corrected chi connectivity index (χ4v) is 3.53. The Hall–Kier alpha value is -3.50. The number of hydrogen-bond acceptors (Lipinski definition) is 7. The van der Waals surface area contributed by atoms with Gasteiger partial charge in [-0.05, 0) is 36.4 Å². The molecule has 0 unspecified atom stereocenters. The van der Waals surface area contributed by atoms with E-state index in [1.165, 1.54) is 11.3 Å². The van der Waals surface area contributed by atoms with Crippen molar-refractivity contribution in [3.05, 3.63) is 70.4 Å². The third-order valence-electron chi connectivity index (χ3n) is 4.46. The average molecular weight is 456 g/mol. The number of carbonyl (C=O) groups excluding carboxylic acids is 2. The fraction of sp³-hybridized carbons (Fsp3) is 0.273. The Bertz CT molecular complexity index is 1010. The van der Waals surface area contributed by atoms with Gasteiger partial charge in [-0.25, -0.2) is 9.78 Å². The number of nitrogens with one attached hydrogen (secondary N) is 2. The van der Waals surface area contributed by atoms with E-state index in [9.17, 15) is 9.59 Å². The second kappa shape index (κ2) is 11.8. The van der Waals surface area contributed by atoms with Crippen LogP contribution in [0.1, 0.15) is 21.2 Å². The van der Waals surface area contributed by atoms with Crippen LogP contribution in [0.15, 0.2) is 54.0 Å². The summed E-state index contributed by atoms with van der Waals surface area (Å²) in [6.45, 7) is 1.32. The largest absolute Gasteiger partial charge is 0.497 e. The number of carbonyl (C=O) groups is 2. The van der Waals surface area contributed by atoms with Gasteiger partial charge in [-0.1, -0.05) is 6.07 Å². The lowest BCUT2D eigenvalue weighted by Crippen LogP contribution is -2.36. The van der Waals surface area contributed by atoms with E-state index in [0.717, 1.165) is 5.69 Å². The molecule has 168 valence electrons. The van der Waals surface area contributed by atoms with Gasteiger partial charge in [0.05, 0.1) is 32.5 Å². The van der Waals surface area contributed by atoms with Crippen LogP contribution in [-0.4, -0.2) is 54.2 Å². The molecule has 2 aromatic heterocycles. The Morgan fingerprint density at radius 1 is 1.12 bits per heavy atom. The molecule has 10 heteroatoms. The van der Waals surface area contributed by atoms with E-state index in [0.29, 0.717) is 41.8 Å². The molecule has 0 aliphatic carbocycles. The van der Waals surface area contributed by atoms with Crippen molar-refractivity contribution in [1.29, 1.82) is 0 Å². The zero-order chi connectivity index (χ0) is 22.8. The van der Waals surface area contributed by atoms with E-state index in [-0.39, 0.29) is 18.5 Å². The number of thiazole rings is 1. The minimum atomic E-state index is -0.288. The van der Waals surface area contributed by atoms with Crippen LogP contribution in [-0.2, 0) is 17.8 Å². The van der Waals surface area contributed by atoms with Gasteiger partial charge in [-0.3, -0.25) is 9.78 Å². The first kappa shape index (κ1) is 23.2. The predicted molar refractivity (Wildman–Crippen MR) is 122 cm³/mol. The van der Waals surface area contributed by atoms with Crippen LogP contribution < -0.4 is 15.4 Å². The van der Waals surface area contributed by atoms with Crippen LogP contribution in [0.4, 0.5) is 10.5 Å². The lowest BCUT2D eigenvalue weighted by molar-refractivity contribution is 0.0945. The number of rotatable bonds is 10. The number of benzene rings is 1. The van der Waals surface area contributed by atoms with Crippen LogP contribution in [0, 0.1) is 0 Å². The lowest BCUT2D eigenvalue weighted by Gasteiger charge is -2.22. The van der Waals surface area contributed by atoms with Gasteiger partial charge in [0.2, 0.25) is 0 Å². The van der Waals surface area contributed by atoms with Crippen LogP contribution in [0.2, 0.25) is 0 Å². The molecular formula is C22H25N5O4S. The van der Waals surface area contributed by atoms with Crippen LogP contribution in [0.5, 0.6) is 5.75 Å². The molecule has 0 fully saturated rings. The third kappa shape index (κ3) is 6.76. The predicted octanol–water partition coefficient (Wildman–Crippen LogP) is 3.16. The molecule has 3 amide bonds. The first-order chi connectivity index (χ1) is 15.6. The molecule has 3 aromatic rings. The summed E-state index contributed by atoms with van der Waals surface area (Å²) in [4.78, 5) is 35.3. The maximum Gasteiger partial charge on any atom is 0.322 e. The maximum atomic E-state index is 12.8. The minimum absolute atomic E-state index is 0.254. The standard InChI is InChI=1S/C22H25N5O4S/c1-30-12-11-27(22(29)25-16-6-8-18(31-2)9-7-16)14-20-26-19(15-32-20)21(28)24-13-17-5-3-4-10-23-17/h3-10,15H,11-14H2,1-2H3,(H,24,28)(H,25,29). The Balaban J connectivity index is 1.60. The lowest BCUT2D eigenvalue weighted by atomic mass is 10.3. The number of methoxy groups -OCH3 is 2. The number of aromatic nitrogens is 2. The molecular weight excluding hydrogens is 430 g/mol. The van der Waals surface area contributed by atoms with E-state index in [4.69, 9.17) is 9.47 Å². The highest BCUT2D eigenvalue weighted by molar-refractivity contribution is 7.09. The summed E-state index contributed by atoms with van der Waals surface area (Å²) in [5.41, 5.74) is 1.72. The zero-order valence-corrected chi connectivity index (χ0v) is 18.7. The molecule has 0 aliphatic heterocycles. The molecule has 0 radical (unpaired) electrons. The van der Waals surface area contributed by atoms with Crippen LogP contribution in [0.3, 0.4) is 0 Å². The van der Waals surface area contributed by atoms with E-state index >= 15 is 0 Å². The van der Waals surface area contributed by atoms with Crippen molar-refractivity contribution in [2.45, 2.75) is 13.1 Å². The van der Waals surface area contributed by atoms with Gasteiger partial charge in [0.25, 0.3) is 5.91 Å². The van der Waals surface area contributed by atoms with Crippen molar-refractivity contribution in [3.63, 3.8) is 0 Å². The molecule has 3 rings (SSSR count). The molecule has 0 saturated heterocycles. The Kier molecular flexibility index (Phi) is 8.52. The van der Waals surface area contributed by atoms with E-state index < -0.39 is 0 Å². The van der Waals surface area contributed by atoms with E-state index in [1.54, 1.807) is 55.0 Å². The molecule has 0 spiro atoms. The summed E-state index contributed by atoms with van der Waals surface area (Å²) in [5, 5.41) is 7.98. The molecule has 1 aromatic carbocycles. The normalized spacial score (nSPS) is 10.4. The van der Waals surface area contributed by atoms with Gasteiger partial charge in [0.15, 0.2) is 0 Å². The highest BCUT2D eigenvalue weighted by Gasteiger charge is 2.18. The SMILES string of the molecule is COCCN(Cc1nc(C(=O)NCc2ccccn2)cs1)C(=O)Nc1ccc(OC)cc1. The highest BCUT2D eigenvalue weighted by atomic mass is 32.1. The number of anilines is 1. The molecule has 9 nitrogen and oxygen atoms in total. The molecule has 0 bridgehead atoms. The third-order valence-corrected chi connectivity index (χ3v) is 5.29. The summed E-state index contributed by atoms with van der Waals surface area (Å²) in [6, 6.07) is 12.3. The summed E-state index contributed by atoms with van der Waals surface area (Å²) in [6.07, 6.45) is 1.67. The van der Waals surface area contributed by atoms with Gasteiger partial charge in [0.1, 0.15) is 16.5 Å². The Morgan fingerprint density at radius 2 is 1.94 bits per heavy atom. The Morgan fingerprint density at radius 3 is 2.62 bits per heavy atom. The van der Waals surface area contributed by atoms with Crippen molar-refractivity contribution in [2.24, 2.45) is 0 Å². The van der Waals surface area contributed by atoms with Crippen molar-refractivity contribution >= 4 is 29.0 Å². The number of urea groups is 1. The first-order valence-electron chi connectivity index (χ1n) is 9.90. The maximum absolute atomic E-state index is 12.8. The fourth-order valence-electron chi connectivity index (χ4n) is 2.75.